The van der Waals surface area contributed by atoms with Crippen LogP contribution in [0, 0.1) is 0 Å². The summed E-state index contributed by atoms with van der Waals surface area (Å²) in [5.41, 5.74) is 5.20. The average molecular weight is 116 g/mol. The molecule has 1 amide bonds. The molecule has 1 fully saturated rings. The van der Waals surface area contributed by atoms with E-state index in [1.54, 1.807) is 0 Å². The first-order valence-electron chi connectivity index (χ1n) is 2.46. The van der Waals surface area contributed by atoms with Gasteiger partial charge in [-0.3, -0.25) is 0 Å². The molecule has 8 heavy (non-hydrogen) atoms. The summed E-state index contributed by atoms with van der Waals surface area (Å²) in [6, 6.07) is 0.0301. The van der Waals surface area contributed by atoms with Crippen molar-refractivity contribution < 1.29 is 9.53 Å². The Bertz CT molecular complexity index is 104. The predicted molar refractivity (Wildman–Crippen MR) is 27.3 cm³/mol. The first-order chi connectivity index (χ1) is 3.83. The summed E-state index contributed by atoms with van der Waals surface area (Å²) < 4.78 is 4.53. The van der Waals surface area contributed by atoms with E-state index >= 15 is 0 Å². The van der Waals surface area contributed by atoms with Crippen molar-refractivity contribution in [2.24, 2.45) is 5.73 Å². The van der Waals surface area contributed by atoms with Gasteiger partial charge in [-0.25, -0.2) is 4.79 Å². The molecule has 3 N–H and O–H groups in total. The highest BCUT2D eigenvalue weighted by atomic mass is 16.6. The number of nitrogens with two attached hydrogens (primary N) is 1. The zero-order valence-corrected chi connectivity index (χ0v) is 4.39. The van der Waals surface area contributed by atoms with E-state index in [4.69, 9.17) is 5.73 Å². The number of hydrogen-bond donors (Lipinski definition) is 2. The summed E-state index contributed by atoms with van der Waals surface area (Å²) in [4.78, 5) is 10.2. The van der Waals surface area contributed by atoms with E-state index in [-0.39, 0.29) is 12.1 Å². The maximum Gasteiger partial charge on any atom is 0.407 e. The quantitative estimate of drug-likeness (QED) is 0.464. The number of hydrogen-bond acceptors (Lipinski definition) is 3. The lowest BCUT2D eigenvalue weighted by Crippen LogP contribution is -2.33. The number of ether oxygens (including phenoxy) is 1. The maximum absolute atomic E-state index is 10.2. The zero-order valence-electron chi connectivity index (χ0n) is 4.39. The Morgan fingerprint density at radius 1 is 2.00 bits per heavy atom. The molecule has 46 valence electrons. The van der Waals surface area contributed by atoms with Crippen molar-refractivity contribution in [2.45, 2.75) is 6.04 Å². The number of rotatable bonds is 1. The lowest BCUT2D eigenvalue weighted by atomic mass is 10.3. The maximum atomic E-state index is 10.2. The molecule has 0 radical (unpaired) electrons. The van der Waals surface area contributed by atoms with E-state index in [2.05, 4.69) is 10.1 Å². The highest BCUT2D eigenvalue weighted by molar-refractivity contribution is 5.69. The molecule has 0 aromatic carbocycles. The van der Waals surface area contributed by atoms with Crippen molar-refractivity contribution in [3.8, 4) is 0 Å². The normalized spacial score (nSPS) is 27.1. The second-order valence-corrected chi connectivity index (χ2v) is 1.68. The van der Waals surface area contributed by atoms with Crippen LogP contribution in [-0.2, 0) is 4.74 Å². The molecule has 4 heteroatoms. The van der Waals surface area contributed by atoms with Crippen LogP contribution < -0.4 is 11.1 Å². The van der Waals surface area contributed by atoms with Crippen LogP contribution in [0.25, 0.3) is 0 Å². The Hall–Kier alpha value is -0.770. The van der Waals surface area contributed by atoms with Crippen LogP contribution in [0.3, 0.4) is 0 Å². The second kappa shape index (κ2) is 2.00. The molecule has 0 spiro atoms. The van der Waals surface area contributed by atoms with Gasteiger partial charge >= 0.3 is 6.09 Å². The van der Waals surface area contributed by atoms with Gasteiger partial charge in [-0.05, 0) is 0 Å². The summed E-state index contributed by atoms with van der Waals surface area (Å²) in [7, 11) is 0. The predicted octanol–water partition coefficient (Wildman–Crippen LogP) is -0.947. The molecule has 1 atom stereocenters. The minimum absolute atomic E-state index is 0.0301. The summed E-state index contributed by atoms with van der Waals surface area (Å²) >= 11 is 0. The third-order valence-corrected chi connectivity index (χ3v) is 1.02. The fraction of sp³-hybridized carbons (Fsp3) is 0.750. The van der Waals surface area contributed by atoms with Gasteiger partial charge in [0.15, 0.2) is 0 Å². The second-order valence-electron chi connectivity index (χ2n) is 1.68. The van der Waals surface area contributed by atoms with E-state index in [1.807, 2.05) is 0 Å². The van der Waals surface area contributed by atoms with E-state index in [9.17, 15) is 4.79 Å². The fourth-order valence-corrected chi connectivity index (χ4v) is 0.553. The van der Waals surface area contributed by atoms with Crippen LogP contribution >= 0.6 is 0 Å². The molecule has 0 unspecified atom stereocenters. The van der Waals surface area contributed by atoms with Gasteiger partial charge in [-0.2, -0.15) is 0 Å². The van der Waals surface area contributed by atoms with Gasteiger partial charge in [-0.1, -0.05) is 0 Å². The number of carbonyl (C=O) groups excluding carboxylic acids is 1. The molecular weight excluding hydrogens is 108 g/mol. The molecule has 0 bridgehead atoms. The van der Waals surface area contributed by atoms with Crippen LogP contribution in [0.2, 0.25) is 0 Å². The molecular formula is C4H8N2O2. The van der Waals surface area contributed by atoms with Gasteiger partial charge in [0.2, 0.25) is 0 Å². The molecule has 0 aliphatic carbocycles. The molecule has 4 nitrogen and oxygen atoms in total. The lowest BCUT2D eigenvalue weighted by molar-refractivity contribution is 0.177. The average Bonchev–Trinajstić information content (AvgIpc) is 2.14. The lowest BCUT2D eigenvalue weighted by Gasteiger charge is -1.98. The van der Waals surface area contributed by atoms with E-state index in [0.717, 1.165) is 0 Å². The molecule has 1 saturated heterocycles. The number of cyclic esters (lactones) is 1. The third kappa shape index (κ3) is 0.894. The zero-order chi connectivity index (χ0) is 5.98. The summed E-state index contributed by atoms with van der Waals surface area (Å²) in [5.74, 6) is 0. The van der Waals surface area contributed by atoms with Crippen LogP contribution in [0.15, 0.2) is 0 Å². The van der Waals surface area contributed by atoms with Crippen molar-refractivity contribution in [2.75, 3.05) is 13.2 Å². The molecule has 1 aliphatic heterocycles. The van der Waals surface area contributed by atoms with E-state index in [1.165, 1.54) is 0 Å². The Labute approximate surface area is 47.0 Å². The Morgan fingerprint density at radius 3 is 3.00 bits per heavy atom. The van der Waals surface area contributed by atoms with Gasteiger partial charge in [0.05, 0.1) is 6.04 Å². The van der Waals surface area contributed by atoms with Gasteiger partial charge in [-0.15, -0.1) is 0 Å². The summed E-state index contributed by atoms with van der Waals surface area (Å²) in [6.07, 6.45) is -0.361. The highest BCUT2D eigenvalue weighted by Crippen LogP contribution is 1.93. The van der Waals surface area contributed by atoms with Gasteiger partial charge in [0, 0.05) is 6.54 Å². The van der Waals surface area contributed by atoms with Crippen molar-refractivity contribution in [3.05, 3.63) is 0 Å². The van der Waals surface area contributed by atoms with Crippen molar-refractivity contribution in [3.63, 3.8) is 0 Å². The van der Waals surface area contributed by atoms with Crippen LogP contribution in [0.4, 0.5) is 4.79 Å². The molecule has 0 aromatic rings. The molecule has 0 aromatic heterocycles. The van der Waals surface area contributed by atoms with Crippen molar-refractivity contribution in [1.29, 1.82) is 0 Å². The largest absolute Gasteiger partial charge is 0.447 e. The molecule has 1 heterocycles. The van der Waals surface area contributed by atoms with Crippen molar-refractivity contribution >= 4 is 6.09 Å². The molecule has 1 aliphatic rings. The van der Waals surface area contributed by atoms with Crippen molar-refractivity contribution in [1.82, 2.24) is 5.32 Å². The topological polar surface area (TPSA) is 64.3 Å². The molecule has 0 saturated carbocycles. The van der Waals surface area contributed by atoms with Crippen LogP contribution in [-0.4, -0.2) is 25.3 Å². The number of alkyl carbamates (subject to hydrolysis) is 1. The fourth-order valence-electron chi connectivity index (χ4n) is 0.553. The third-order valence-electron chi connectivity index (χ3n) is 1.02. The Balaban J connectivity index is 2.32. The first kappa shape index (κ1) is 5.37. The SMILES string of the molecule is NC[C@H]1COC(=O)N1. The first-order valence-corrected chi connectivity index (χ1v) is 2.46. The Morgan fingerprint density at radius 2 is 2.75 bits per heavy atom. The van der Waals surface area contributed by atoms with Gasteiger partial charge in [0.1, 0.15) is 6.61 Å². The minimum atomic E-state index is -0.361. The van der Waals surface area contributed by atoms with E-state index in [0.29, 0.717) is 13.2 Å². The number of nitrogens with one attached hydrogen (secondary N) is 1. The summed E-state index contributed by atoms with van der Waals surface area (Å²) in [6.45, 7) is 0.862. The van der Waals surface area contributed by atoms with Gasteiger partial charge < -0.3 is 15.8 Å². The highest BCUT2D eigenvalue weighted by Gasteiger charge is 2.19. The van der Waals surface area contributed by atoms with Crippen LogP contribution in [0.5, 0.6) is 0 Å². The monoisotopic (exact) mass is 116 g/mol. The Kier molecular flexibility index (Phi) is 1.34. The molecule has 1 rings (SSSR count). The van der Waals surface area contributed by atoms with Crippen LogP contribution in [0.1, 0.15) is 0 Å². The van der Waals surface area contributed by atoms with E-state index < -0.39 is 0 Å². The minimum Gasteiger partial charge on any atom is -0.447 e. The summed E-state index contributed by atoms with van der Waals surface area (Å²) in [5, 5.41) is 2.52. The smallest absolute Gasteiger partial charge is 0.407 e. The van der Waals surface area contributed by atoms with Gasteiger partial charge in [0.25, 0.3) is 0 Å². The number of carbonyl (C=O) groups is 1. The standard InChI is InChI=1S/C4H8N2O2/c5-1-3-2-8-4(7)6-3/h3H,1-2,5H2,(H,6,7)/t3-/m0/s1. The number of amides is 1.